The van der Waals surface area contributed by atoms with E-state index in [1.54, 1.807) is 0 Å². The van der Waals surface area contributed by atoms with E-state index in [4.69, 9.17) is 0 Å². The third kappa shape index (κ3) is 3.52. The zero-order valence-corrected chi connectivity index (χ0v) is 13.5. The van der Waals surface area contributed by atoms with Gasteiger partial charge in [-0.1, -0.05) is 34.1 Å². The molecule has 0 spiro atoms. The van der Waals surface area contributed by atoms with Crippen molar-refractivity contribution in [2.75, 3.05) is 19.6 Å². The molecule has 2 fully saturated rings. The van der Waals surface area contributed by atoms with Crippen LogP contribution >= 0.6 is 0 Å². The summed E-state index contributed by atoms with van der Waals surface area (Å²) in [6, 6.07) is 1.49. The first-order valence-corrected chi connectivity index (χ1v) is 8.56. The zero-order valence-electron chi connectivity index (χ0n) is 13.5. The van der Waals surface area contributed by atoms with Crippen LogP contribution in [0.1, 0.15) is 66.2 Å². The fourth-order valence-corrected chi connectivity index (χ4v) is 4.20. The van der Waals surface area contributed by atoms with Crippen molar-refractivity contribution in [2.24, 2.45) is 11.3 Å². The van der Waals surface area contributed by atoms with E-state index in [1.165, 1.54) is 58.2 Å². The summed E-state index contributed by atoms with van der Waals surface area (Å²) in [6.45, 7) is 13.4. The second-order valence-corrected chi connectivity index (χ2v) is 7.44. The van der Waals surface area contributed by atoms with E-state index in [2.05, 4.69) is 37.9 Å². The third-order valence-electron chi connectivity index (χ3n) is 5.52. The van der Waals surface area contributed by atoms with Gasteiger partial charge < -0.3 is 5.32 Å². The van der Waals surface area contributed by atoms with Gasteiger partial charge in [0.05, 0.1) is 0 Å². The van der Waals surface area contributed by atoms with Crippen LogP contribution in [0.5, 0.6) is 0 Å². The van der Waals surface area contributed by atoms with Crippen LogP contribution < -0.4 is 5.32 Å². The molecule has 1 heterocycles. The molecule has 2 rings (SSSR count). The van der Waals surface area contributed by atoms with Crippen LogP contribution in [0.3, 0.4) is 0 Å². The highest BCUT2D eigenvalue weighted by Gasteiger charge is 2.44. The van der Waals surface area contributed by atoms with E-state index in [0.29, 0.717) is 11.5 Å². The first kappa shape index (κ1) is 15.3. The van der Waals surface area contributed by atoms with Crippen LogP contribution in [0, 0.1) is 11.3 Å². The number of nitrogens with zero attached hydrogens (tertiary/aromatic N) is 1. The van der Waals surface area contributed by atoms with Crippen molar-refractivity contribution in [1.82, 2.24) is 10.2 Å². The van der Waals surface area contributed by atoms with E-state index < -0.39 is 0 Å². The zero-order chi connectivity index (χ0) is 13.9. The van der Waals surface area contributed by atoms with Crippen LogP contribution in [0.4, 0.5) is 0 Å². The molecule has 1 aliphatic heterocycles. The predicted octanol–water partition coefficient (Wildman–Crippen LogP) is 3.67. The Morgan fingerprint density at radius 2 is 2.00 bits per heavy atom. The molecule has 2 aliphatic rings. The van der Waals surface area contributed by atoms with Gasteiger partial charge in [0.2, 0.25) is 0 Å². The second kappa shape index (κ2) is 6.58. The van der Waals surface area contributed by atoms with E-state index >= 15 is 0 Å². The van der Waals surface area contributed by atoms with Crippen molar-refractivity contribution >= 4 is 0 Å². The normalized spacial score (nSPS) is 35.7. The molecule has 0 amide bonds. The minimum absolute atomic E-state index is 0.471. The topological polar surface area (TPSA) is 15.3 Å². The summed E-state index contributed by atoms with van der Waals surface area (Å²) in [4.78, 5) is 2.82. The van der Waals surface area contributed by atoms with Gasteiger partial charge in [0.25, 0.3) is 0 Å². The van der Waals surface area contributed by atoms with Crippen LogP contribution in [0.25, 0.3) is 0 Å². The maximum Gasteiger partial charge on any atom is 0.0274 e. The summed E-state index contributed by atoms with van der Waals surface area (Å²) in [5, 5.41) is 3.86. The Kier molecular flexibility index (Phi) is 5.30. The molecule has 112 valence electrons. The predicted molar refractivity (Wildman–Crippen MR) is 83.5 cm³/mol. The summed E-state index contributed by atoms with van der Waals surface area (Å²) in [5.74, 6) is 0.948. The molecule has 1 saturated heterocycles. The highest BCUT2D eigenvalue weighted by molar-refractivity contribution is 5.01. The highest BCUT2D eigenvalue weighted by Crippen LogP contribution is 2.41. The Hall–Kier alpha value is -0.0800. The first-order chi connectivity index (χ1) is 9.08. The SMILES string of the molecule is CCCNC1C(N2CCCC(CC)C2)CCC1(C)C. The lowest BCUT2D eigenvalue weighted by atomic mass is 9.85. The number of hydrogen-bond donors (Lipinski definition) is 1. The molecule has 0 aromatic heterocycles. The van der Waals surface area contributed by atoms with Gasteiger partial charge in [-0.3, -0.25) is 4.90 Å². The van der Waals surface area contributed by atoms with Crippen molar-refractivity contribution in [2.45, 2.75) is 78.3 Å². The summed E-state index contributed by atoms with van der Waals surface area (Å²) in [5.41, 5.74) is 0.471. The largest absolute Gasteiger partial charge is 0.312 e. The molecule has 0 aromatic carbocycles. The van der Waals surface area contributed by atoms with Gasteiger partial charge >= 0.3 is 0 Å². The third-order valence-corrected chi connectivity index (χ3v) is 5.52. The molecule has 1 saturated carbocycles. The van der Waals surface area contributed by atoms with Gasteiger partial charge in [0, 0.05) is 18.6 Å². The van der Waals surface area contributed by atoms with E-state index in [-0.39, 0.29) is 0 Å². The summed E-state index contributed by atoms with van der Waals surface area (Å²) < 4.78 is 0. The molecule has 2 nitrogen and oxygen atoms in total. The van der Waals surface area contributed by atoms with E-state index in [0.717, 1.165) is 12.0 Å². The molecule has 1 aliphatic carbocycles. The van der Waals surface area contributed by atoms with Crippen molar-refractivity contribution in [3.8, 4) is 0 Å². The molecule has 1 N–H and O–H groups in total. The molecule has 0 radical (unpaired) electrons. The fraction of sp³-hybridized carbons (Fsp3) is 1.00. The van der Waals surface area contributed by atoms with E-state index in [9.17, 15) is 0 Å². The van der Waals surface area contributed by atoms with Crippen molar-refractivity contribution < 1.29 is 0 Å². The summed E-state index contributed by atoms with van der Waals surface area (Å²) in [7, 11) is 0. The lowest BCUT2D eigenvalue weighted by Crippen LogP contribution is -2.54. The lowest BCUT2D eigenvalue weighted by molar-refractivity contribution is 0.0927. The number of nitrogens with one attached hydrogen (secondary N) is 1. The number of piperidine rings is 1. The Bertz CT molecular complexity index is 274. The minimum atomic E-state index is 0.471. The molecule has 19 heavy (non-hydrogen) atoms. The Balaban J connectivity index is 2.00. The standard InChI is InChI=1S/C17H34N2/c1-5-11-18-16-15(9-10-17(16,3)4)19-12-7-8-14(6-2)13-19/h14-16,18H,5-13H2,1-4H3. The summed E-state index contributed by atoms with van der Waals surface area (Å²) >= 11 is 0. The van der Waals surface area contributed by atoms with Gasteiger partial charge in [0.15, 0.2) is 0 Å². The van der Waals surface area contributed by atoms with Gasteiger partial charge in [-0.15, -0.1) is 0 Å². The van der Waals surface area contributed by atoms with Crippen molar-refractivity contribution in [3.05, 3.63) is 0 Å². The number of hydrogen-bond acceptors (Lipinski definition) is 2. The van der Waals surface area contributed by atoms with Gasteiger partial charge in [-0.25, -0.2) is 0 Å². The van der Waals surface area contributed by atoms with Gasteiger partial charge in [-0.2, -0.15) is 0 Å². The maximum atomic E-state index is 3.86. The smallest absolute Gasteiger partial charge is 0.0274 e. The Morgan fingerprint density at radius 1 is 1.21 bits per heavy atom. The second-order valence-electron chi connectivity index (χ2n) is 7.44. The van der Waals surface area contributed by atoms with Gasteiger partial charge in [0.1, 0.15) is 0 Å². The Labute approximate surface area is 120 Å². The maximum absolute atomic E-state index is 3.86. The highest BCUT2D eigenvalue weighted by atomic mass is 15.2. The Morgan fingerprint density at radius 3 is 2.68 bits per heavy atom. The van der Waals surface area contributed by atoms with E-state index in [1.807, 2.05) is 0 Å². The molecule has 3 unspecified atom stereocenters. The molecule has 0 aromatic rings. The molecular weight excluding hydrogens is 232 g/mol. The molecule has 3 atom stereocenters. The lowest BCUT2D eigenvalue weighted by Gasteiger charge is -2.41. The van der Waals surface area contributed by atoms with Crippen LogP contribution in [0.15, 0.2) is 0 Å². The van der Waals surface area contributed by atoms with Crippen molar-refractivity contribution in [1.29, 1.82) is 0 Å². The molecule has 0 bridgehead atoms. The quantitative estimate of drug-likeness (QED) is 0.817. The fourth-order valence-electron chi connectivity index (χ4n) is 4.20. The minimum Gasteiger partial charge on any atom is -0.312 e. The average molecular weight is 266 g/mol. The van der Waals surface area contributed by atoms with Crippen molar-refractivity contribution in [3.63, 3.8) is 0 Å². The van der Waals surface area contributed by atoms with Crippen LogP contribution in [0.2, 0.25) is 0 Å². The number of likely N-dealkylation sites (tertiary alicyclic amines) is 1. The average Bonchev–Trinajstić information content (AvgIpc) is 2.71. The first-order valence-electron chi connectivity index (χ1n) is 8.56. The van der Waals surface area contributed by atoms with Gasteiger partial charge in [-0.05, 0) is 56.5 Å². The van der Waals surface area contributed by atoms with Crippen LogP contribution in [-0.4, -0.2) is 36.6 Å². The monoisotopic (exact) mass is 266 g/mol. The molecular formula is C17H34N2. The number of rotatable bonds is 5. The summed E-state index contributed by atoms with van der Waals surface area (Å²) in [6.07, 6.45) is 8.25. The van der Waals surface area contributed by atoms with Crippen LogP contribution in [-0.2, 0) is 0 Å². The molecule has 2 heteroatoms.